The fraction of sp³-hybridized carbons (Fsp3) is 0.900. The van der Waals surface area contributed by atoms with Crippen LogP contribution in [0, 0.1) is 0 Å². The summed E-state index contributed by atoms with van der Waals surface area (Å²) in [5.74, 6) is -0.0795. The first-order chi connectivity index (χ1) is 6.83. The lowest BCUT2D eigenvalue weighted by molar-refractivity contribution is -0.148. The van der Waals surface area contributed by atoms with E-state index in [4.69, 9.17) is 4.74 Å². The highest BCUT2D eigenvalue weighted by atomic mass is 16.5. The number of nitrogens with one attached hydrogen (secondary N) is 1. The van der Waals surface area contributed by atoms with Gasteiger partial charge in [0.05, 0.1) is 6.61 Å². The number of carbonyl (C=O) groups is 1. The number of ether oxygens (including phenoxy) is 1. The molecule has 2 unspecified atom stereocenters. The monoisotopic (exact) mass is 198 g/mol. The normalized spacial score (nSPS) is 32.6. The van der Waals surface area contributed by atoms with E-state index in [0.717, 1.165) is 26.1 Å². The van der Waals surface area contributed by atoms with Gasteiger partial charge in [-0.25, -0.2) is 0 Å². The van der Waals surface area contributed by atoms with E-state index in [1.807, 2.05) is 6.92 Å². The van der Waals surface area contributed by atoms with E-state index >= 15 is 0 Å². The van der Waals surface area contributed by atoms with Gasteiger partial charge >= 0.3 is 5.97 Å². The molecule has 4 nitrogen and oxygen atoms in total. The third-order valence-electron chi connectivity index (χ3n) is 3.10. The number of piperazine rings is 1. The molecule has 0 aromatic heterocycles. The third kappa shape index (κ3) is 1.77. The van der Waals surface area contributed by atoms with Crippen LogP contribution in [0.3, 0.4) is 0 Å². The molecular weight excluding hydrogens is 180 g/mol. The number of carbonyl (C=O) groups excluding carboxylic acids is 1. The number of rotatable bonds is 2. The lowest BCUT2D eigenvalue weighted by atomic mass is 10.0. The SMILES string of the molecule is CCOC(=O)C1NCCN2CCCC12. The van der Waals surface area contributed by atoms with Crippen LogP contribution in [0.2, 0.25) is 0 Å². The van der Waals surface area contributed by atoms with Gasteiger partial charge in [0.1, 0.15) is 6.04 Å². The standard InChI is InChI=1S/C10H18N2O2/c1-2-14-10(13)9-8-4-3-6-12(8)7-5-11-9/h8-9,11H,2-7H2,1H3. The van der Waals surface area contributed by atoms with Crippen molar-refractivity contribution in [2.45, 2.75) is 31.8 Å². The number of hydrogen-bond donors (Lipinski definition) is 1. The van der Waals surface area contributed by atoms with Gasteiger partial charge in [0.2, 0.25) is 0 Å². The lowest BCUT2D eigenvalue weighted by Gasteiger charge is -2.35. The van der Waals surface area contributed by atoms with Crippen molar-refractivity contribution in [3.8, 4) is 0 Å². The van der Waals surface area contributed by atoms with E-state index in [-0.39, 0.29) is 12.0 Å². The van der Waals surface area contributed by atoms with Crippen LogP contribution in [0.5, 0.6) is 0 Å². The lowest BCUT2D eigenvalue weighted by Crippen LogP contribution is -2.58. The van der Waals surface area contributed by atoms with Crippen molar-refractivity contribution >= 4 is 5.97 Å². The van der Waals surface area contributed by atoms with Gasteiger partial charge in [-0.2, -0.15) is 0 Å². The van der Waals surface area contributed by atoms with Crippen molar-refractivity contribution < 1.29 is 9.53 Å². The van der Waals surface area contributed by atoms with Crippen LogP contribution >= 0.6 is 0 Å². The Morgan fingerprint density at radius 3 is 3.21 bits per heavy atom. The fourth-order valence-corrected chi connectivity index (χ4v) is 2.48. The smallest absolute Gasteiger partial charge is 0.324 e. The first-order valence-corrected chi connectivity index (χ1v) is 5.47. The van der Waals surface area contributed by atoms with Gasteiger partial charge in [0.15, 0.2) is 0 Å². The van der Waals surface area contributed by atoms with Crippen molar-refractivity contribution in [2.24, 2.45) is 0 Å². The van der Waals surface area contributed by atoms with Gasteiger partial charge in [0.25, 0.3) is 0 Å². The zero-order valence-corrected chi connectivity index (χ0v) is 8.66. The summed E-state index contributed by atoms with van der Waals surface area (Å²) < 4.78 is 5.06. The first kappa shape index (κ1) is 9.93. The van der Waals surface area contributed by atoms with Crippen LogP contribution < -0.4 is 5.32 Å². The van der Waals surface area contributed by atoms with E-state index < -0.39 is 0 Å². The van der Waals surface area contributed by atoms with Crippen LogP contribution in [-0.2, 0) is 9.53 Å². The van der Waals surface area contributed by atoms with Crippen LogP contribution in [0.15, 0.2) is 0 Å². The molecule has 0 bridgehead atoms. The highest BCUT2D eigenvalue weighted by molar-refractivity contribution is 5.77. The average molecular weight is 198 g/mol. The summed E-state index contributed by atoms with van der Waals surface area (Å²) in [7, 11) is 0. The van der Waals surface area contributed by atoms with Crippen molar-refractivity contribution in [1.82, 2.24) is 10.2 Å². The van der Waals surface area contributed by atoms with E-state index in [1.54, 1.807) is 0 Å². The third-order valence-corrected chi connectivity index (χ3v) is 3.10. The molecule has 4 heteroatoms. The molecule has 0 spiro atoms. The molecule has 1 N–H and O–H groups in total. The Labute approximate surface area is 84.6 Å². The molecule has 0 radical (unpaired) electrons. The molecule has 2 fully saturated rings. The summed E-state index contributed by atoms with van der Waals surface area (Å²) in [5.41, 5.74) is 0. The first-order valence-electron chi connectivity index (χ1n) is 5.47. The second-order valence-electron chi connectivity index (χ2n) is 3.93. The molecule has 2 atom stereocenters. The predicted octanol–water partition coefficient (Wildman–Crippen LogP) is -0.0143. The zero-order chi connectivity index (χ0) is 9.97. The summed E-state index contributed by atoms with van der Waals surface area (Å²) >= 11 is 0. The van der Waals surface area contributed by atoms with E-state index in [0.29, 0.717) is 12.6 Å². The minimum absolute atomic E-state index is 0.0795. The Morgan fingerprint density at radius 1 is 1.57 bits per heavy atom. The maximum absolute atomic E-state index is 11.6. The summed E-state index contributed by atoms with van der Waals surface area (Å²) in [5, 5.41) is 3.26. The van der Waals surface area contributed by atoms with Gasteiger partial charge in [-0.15, -0.1) is 0 Å². The van der Waals surface area contributed by atoms with E-state index in [9.17, 15) is 4.79 Å². The number of hydrogen-bond acceptors (Lipinski definition) is 4. The van der Waals surface area contributed by atoms with Gasteiger partial charge in [-0.3, -0.25) is 9.69 Å². The van der Waals surface area contributed by atoms with Gasteiger partial charge in [0, 0.05) is 19.1 Å². The highest BCUT2D eigenvalue weighted by Gasteiger charge is 2.38. The molecule has 0 aromatic rings. The van der Waals surface area contributed by atoms with Crippen LogP contribution in [-0.4, -0.2) is 49.2 Å². The Morgan fingerprint density at radius 2 is 2.43 bits per heavy atom. The fourth-order valence-electron chi connectivity index (χ4n) is 2.48. The van der Waals surface area contributed by atoms with Crippen LogP contribution in [0.25, 0.3) is 0 Å². The molecule has 2 saturated heterocycles. The Balaban J connectivity index is 1.99. The van der Waals surface area contributed by atoms with E-state index in [2.05, 4.69) is 10.2 Å². The topological polar surface area (TPSA) is 41.6 Å². The summed E-state index contributed by atoms with van der Waals surface area (Å²) in [4.78, 5) is 14.0. The second kappa shape index (κ2) is 4.28. The molecule has 2 aliphatic rings. The highest BCUT2D eigenvalue weighted by Crippen LogP contribution is 2.22. The van der Waals surface area contributed by atoms with Crippen LogP contribution in [0.4, 0.5) is 0 Å². The minimum Gasteiger partial charge on any atom is -0.465 e. The Bertz CT molecular complexity index is 220. The predicted molar refractivity (Wildman–Crippen MR) is 53.0 cm³/mol. The average Bonchev–Trinajstić information content (AvgIpc) is 2.65. The molecule has 14 heavy (non-hydrogen) atoms. The molecule has 80 valence electrons. The van der Waals surface area contributed by atoms with Crippen molar-refractivity contribution in [3.05, 3.63) is 0 Å². The minimum atomic E-state index is -0.0915. The van der Waals surface area contributed by atoms with Gasteiger partial charge in [-0.05, 0) is 26.3 Å². The molecule has 2 rings (SSSR count). The molecule has 2 aliphatic heterocycles. The second-order valence-corrected chi connectivity index (χ2v) is 3.93. The maximum Gasteiger partial charge on any atom is 0.324 e. The zero-order valence-electron chi connectivity index (χ0n) is 8.66. The number of esters is 1. The molecule has 0 aromatic carbocycles. The summed E-state index contributed by atoms with van der Waals surface area (Å²) in [6.07, 6.45) is 2.33. The molecular formula is C10H18N2O2. The van der Waals surface area contributed by atoms with Crippen molar-refractivity contribution in [1.29, 1.82) is 0 Å². The van der Waals surface area contributed by atoms with Crippen LogP contribution in [0.1, 0.15) is 19.8 Å². The van der Waals surface area contributed by atoms with Crippen molar-refractivity contribution in [3.63, 3.8) is 0 Å². The summed E-state index contributed by atoms with van der Waals surface area (Å²) in [6.45, 7) is 5.44. The molecule has 0 amide bonds. The van der Waals surface area contributed by atoms with Gasteiger partial charge < -0.3 is 10.1 Å². The quantitative estimate of drug-likeness (QED) is 0.633. The Kier molecular flexibility index (Phi) is 3.03. The largest absolute Gasteiger partial charge is 0.465 e. The summed E-state index contributed by atoms with van der Waals surface area (Å²) in [6, 6.07) is 0.286. The molecule has 0 aliphatic carbocycles. The maximum atomic E-state index is 11.6. The van der Waals surface area contributed by atoms with E-state index in [1.165, 1.54) is 6.42 Å². The molecule has 0 saturated carbocycles. The van der Waals surface area contributed by atoms with Gasteiger partial charge in [-0.1, -0.05) is 0 Å². The molecule has 2 heterocycles. The van der Waals surface area contributed by atoms with Crippen molar-refractivity contribution in [2.75, 3.05) is 26.2 Å². The Hall–Kier alpha value is -0.610. The number of fused-ring (bicyclic) bond motifs is 1. The number of nitrogens with zero attached hydrogens (tertiary/aromatic N) is 1.